The number of benzene rings is 1. The number of rotatable bonds is 7. The summed E-state index contributed by atoms with van der Waals surface area (Å²) in [6, 6.07) is 4.50. The molecule has 0 aromatic heterocycles. The molecule has 23 heavy (non-hydrogen) atoms. The molecule has 2 atom stereocenters. The molecular weight excluding hydrogens is 296 g/mol. The lowest BCUT2D eigenvalue weighted by Crippen LogP contribution is -2.24. The highest BCUT2D eigenvalue weighted by molar-refractivity contribution is 5.95. The van der Waals surface area contributed by atoms with Crippen molar-refractivity contribution in [2.75, 3.05) is 11.9 Å². The highest BCUT2D eigenvalue weighted by Crippen LogP contribution is 2.29. The number of hydrogen-bond donors (Lipinski definition) is 2. The Balaban J connectivity index is 1.89. The summed E-state index contributed by atoms with van der Waals surface area (Å²) in [6.45, 7) is 2.01. The van der Waals surface area contributed by atoms with Gasteiger partial charge in [0.05, 0.1) is 11.0 Å². The number of anilines is 1. The summed E-state index contributed by atoms with van der Waals surface area (Å²) in [5.41, 5.74) is 0.701. The van der Waals surface area contributed by atoms with Crippen LogP contribution >= 0.6 is 0 Å². The molecule has 0 amide bonds. The van der Waals surface area contributed by atoms with Crippen LogP contribution in [0.15, 0.2) is 18.2 Å². The van der Waals surface area contributed by atoms with Crippen molar-refractivity contribution >= 4 is 17.2 Å². The summed E-state index contributed by atoms with van der Waals surface area (Å²) in [7, 11) is 0. The highest BCUT2D eigenvalue weighted by Gasteiger charge is 2.22. The topological polar surface area (TPSA) is 92.5 Å². The van der Waals surface area contributed by atoms with Gasteiger partial charge >= 0.3 is 0 Å². The maximum Gasteiger partial charge on any atom is 0.293 e. The zero-order chi connectivity index (χ0) is 16.8. The van der Waals surface area contributed by atoms with Crippen molar-refractivity contribution in [3.8, 4) is 0 Å². The molecule has 0 heterocycles. The number of ketones is 1. The van der Waals surface area contributed by atoms with Crippen LogP contribution in [0.2, 0.25) is 0 Å². The molecule has 1 aliphatic rings. The van der Waals surface area contributed by atoms with E-state index in [1.165, 1.54) is 19.4 Å². The second-order valence-corrected chi connectivity index (χ2v) is 6.23. The predicted molar refractivity (Wildman–Crippen MR) is 88.8 cm³/mol. The Labute approximate surface area is 136 Å². The monoisotopic (exact) mass is 320 g/mol. The van der Waals surface area contributed by atoms with Gasteiger partial charge in [-0.2, -0.15) is 0 Å². The van der Waals surface area contributed by atoms with Gasteiger partial charge in [-0.05, 0) is 50.7 Å². The van der Waals surface area contributed by atoms with E-state index < -0.39 is 4.92 Å². The third-order valence-corrected chi connectivity index (χ3v) is 4.54. The fourth-order valence-corrected chi connectivity index (χ4v) is 3.16. The van der Waals surface area contributed by atoms with Crippen molar-refractivity contribution in [2.24, 2.45) is 5.92 Å². The summed E-state index contributed by atoms with van der Waals surface area (Å²) in [5, 5.41) is 24.2. The quantitative estimate of drug-likeness (QED) is 0.347. The molecule has 0 radical (unpaired) electrons. The first kappa shape index (κ1) is 17.4. The SMILES string of the molecule is CC(=O)c1ccc(NCCCC2CCCCC2O)c([N+](=O)[O-])c1. The third kappa shape index (κ3) is 4.76. The van der Waals surface area contributed by atoms with Crippen LogP contribution in [0.3, 0.4) is 0 Å². The van der Waals surface area contributed by atoms with Crippen LogP contribution < -0.4 is 5.32 Å². The summed E-state index contributed by atoms with van der Waals surface area (Å²) >= 11 is 0. The molecule has 0 spiro atoms. The molecule has 0 saturated heterocycles. The lowest BCUT2D eigenvalue weighted by atomic mass is 9.83. The van der Waals surface area contributed by atoms with Gasteiger partial charge in [-0.1, -0.05) is 12.8 Å². The number of nitrogens with one attached hydrogen (secondary N) is 1. The van der Waals surface area contributed by atoms with Gasteiger partial charge in [-0.15, -0.1) is 0 Å². The van der Waals surface area contributed by atoms with Crippen LogP contribution in [0.4, 0.5) is 11.4 Å². The van der Waals surface area contributed by atoms with Gasteiger partial charge in [-0.3, -0.25) is 14.9 Å². The zero-order valence-corrected chi connectivity index (χ0v) is 13.5. The molecule has 0 bridgehead atoms. The predicted octanol–water partition coefficient (Wildman–Crippen LogP) is 3.54. The number of hydrogen-bond acceptors (Lipinski definition) is 5. The zero-order valence-electron chi connectivity index (χ0n) is 13.5. The van der Waals surface area contributed by atoms with Crippen LogP contribution in [0.1, 0.15) is 55.8 Å². The van der Waals surface area contributed by atoms with Crippen LogP contribution in [0, 0.1) is 16.0 Å². The van der Waals surface area contributed by atoms with Crippen molar-refractivity contribution < 1.29 is 14.8 Å². The molecule has 126 valence electrons. The van der Waals surface area contributed by atoms with E-state index in [1.54, 1.807) is 12.1 Å². The maximum atomic E-state index is 11.3. The van der Waals surface area contributed by atoms with Gasteiger partial charge in [0.1, 0.15) is 5.69 Å². The first-order chi connectivity index (χ1) is 11.0. The number of aliphatic hydroxyl groups excluding tert-OH is 1. The third-order valence-electron chi connectivity index (χ3n) is 4.54. The number of carbonyl (C=O) groups excluding carboxylic acids is 1. The van der Waals surface area contributed by atoms with Gasteiger partial charge in [0.25, 0.3) is 5.69 Å². The van der Waals surface area contributed by atoms with E-state index in [9.17, 15) is 20.0 Å². The summed E-state index contributed by atoms with van der Waals surface area (Å²) in [6.07, 6.45) is 5.80. The molecule has 2 unspecified atom stereocenters. The minimum atomic E-state index is -0.473. The molecule has 1 fully saturated rings. The van der Waals surface area contributed by atoms with E-state index in [0.717, 1.165) is 32.1 Å². The molecular formula is C17H24N2O4. The van der Waals surface area contributed by atoms with Crippen LogP contribution in [-0.4, -0.2) is 28.5 Å². The Bertz CT molecular complexity index is 574. The van der Waals surface area contributed by atoms with Crippen molar-refractivity contribution in [2.45, 2.75) is 51.6 Å². The standard InChI is InChI=1S/C17H24N2O4/c1-12(20)14-8-9-15(16(11-14)19(22)23)18-10-4-6-13-5-2-3-7-17(13)21/h8-9,11,13,17-18,21H,2-7,10H2,1H3. The first-order valence-electron chi connectivity index (χ1n) is 8.20. The van der Waals surface area contributed by atoms with Crippen LogP contribution in [0.25, 0.3) is 0 Å². The van der Waals surface area contributed by atoms with E-state index in [2.05, 4.69) is 5.32 Å². The summed E-state index contributed by atoms with van der Waals surface area (Å²) in [5.74, 6) is 0.159. The van der Waals surface area contributed by atoms with Gasteiger partial charge in [0.15, 0.2) is 5.78 Å². The number of aliphatic hydroxyl groups is 1. The highest BCUT2D eigenvalue weighted by atomic mass is 16.6. The molecule has 1 aliphatic carbocycles. The lowest BCUT2D eigenvalue weighted by Gasteiger charge is -2.27. The smallest absolute Gasteiger partial charge is 0.293 e. The van der Waals surface area contributed by atoms with Crippen LogP contribution in [0.5, 0.6) is 0 Å². The Kier molecular flexibility index (Phi) is 6.10. The minimum absolute atomic E-state index is 0.0737. The first-order valence-corrected chi connectivity index (χ1v) is 8.20. The minimum Gasteiger partial charge on any atom is -0.393 e. The molecule has 1 aromatic carbocycles. The number of nitro benzene ring substituents is 1. The Morgan fingerprint density at radius 1 is 1.39 bits per heavy atom. The normalized spacial score (nSPS) is 21.0. The van der Waals surface area contributed by atoms with E-state index in [-0.39, 0.29) is 17.6 Å². The number of Topliss-reactive ketones (excluding diaryl/α,β-unsaturated/α-hetero) is 1. The molecule has 0 aliphatic heterocycles. The van der Waals surface area contributed by atoms with Crippen molar-refractivity contribution in [1.29, 1.82) is 0 Å². The summed E-state index contributed by atoms with van der Waals surface area (Å²) in [4.78, 5) is 22.0. The van der Waals surface area contributed by atoms with Crippen molar-refractivity contribution in [1.82, 2.24) is 0 Å². The lowest BCUT2D eigenvalue weighted by molar-refractivity contribution is -0.384. The molecule has 6 heteroatoms. The molecule has 1 saturated carbocycles. The van der Waals surface area contributed by atoms with E-state index in [4.69, 9.17) is 0 Å². The molecule has 2 N–H and O–H groups in total. The molecule has 1 aromatic rings. The second-order valence-electron chi connectivity index (χ2n) is 6.23. The van der Waals surface area contributed by atoms with E-state index >= 15 is 0 Å². The number of nitrogens with zero attached hydrogens (tertiary/aromatic N) is 1. The van der Waals surface area contributed by atoms with Crippen molar-refractivity contribution in [3.63, 3.8) is 0 Å². The Morgan fingerprint density at radius 2 is 2.13 bits per heavy atom. The average Bonchev–Trinajstić information content (AvgIpc) is 2.52. The maximum absolute atomic E-state index is 11.3. The number of carbonyl (C=O) groups is 1. The van der Waals surface area contributed by atoms with Gasteiger partial charge in [-0.25, -0.2) is 0 Å². The van der Waals surface area contributed by atoms with Gasteiger partial charge in [0.2, 0.25) is 0 Å². The molecule has 2 rings (SSSR count). The fraction of sp³-hybridized carbons (Fsp3) is 0.588. The van der Waals surface area contributed by atoms with E-state index in [1.807, 2.05) is 0 Å². The van der Waals surface area contributed by atoms with Gasteiger partial charge < -0.3 is 10.4 Å². The average molecular weight is 320 g/mol. The second kappa shape index (κ2) is 8.06. The largest absolute Gasteiger partial charge is 0.393 e. The fourth-order valence-electron chi connectivity index (χ4n) is 3.16. The number of nitro groups is 1. The summed E-state index contributed by atoms with van der Waals surface area (Å²) < 4.78 is 0. The van der Waals surface area contributed by atoms with Crippen molar-refractivity contribution in [3.05, 3.63) is 33.9 Å². The Morgan fingerprint density at radius 3 is 2.78 bits per heavy atom. The van der Waals surface area contributed by atoms with Gasteiger partial charge in [0, 0.05) is 18.2 Å². The van der Waals surface area contributed by atoms with E-state index in [0.29, 0.717) is 23.7 Å². The van der Waals surface area contributed by atoms with Crippen LogP contribution in [-0.2, 0) is 0 Å². The molecule has 6 nitrogen and oxygen atoms in total. The Hall–Kier alpha value is -1.95.